The van der Waals surface area contributed by atoms with Crippen LogP contribution in [0.4, 0.5) is 5.69 Å². The molecule has 1 unspecified atom stereocenters. The van der Waals surface area contributed by atoms with E-state index in [1.165, 1.54) is 0 Å². The van der Waals surface area contributed by atoms with E-state index in [9.17, 15) is 9.59 Å². The fourth-order valence-electron chi connectivity index (χ4n) is 1.48. The number of amides is 2. The molecule has 78 valence electrons. The zero-order valence-electron chi connectivity index (χ0n) is 8.06. The van der Waals surface area contributed by atoms with Crippen LogP contribution in [-0.2, 0) is 9.59 Å². The zero-order valence-corrected chi connectivity index (χ0v) is 8.06. The SMILES string of the molecule is O=C1CCC(C(=O)Nc2cccnc2)N1. The maximum atomic E-state index is 11.6. The lowest BCUT2D eigenvalue weighted by Gasteiger charge is -2.09. The topological polar surface area (TPSA) is 71.1 Å². The maximum Gasteiger partial charge on any atom is 0.247 e. The molecule has 0 bridgehead atoms. The summed E-state index contributed by atoms with van der Waals surface area (Å²) in [7, 11) is 0. The highest BCUT2D eigenvalue weighted by Crippen LogP contribution is 2.10. The van der Waals surface area contributed by atoms with E-state index in [1.54, 1.807) is 24.5 Å². The first-order chi connectivity index (χ1) is 7.25. The van der Waals surface area contributed by atoms with Crippen LogP contribution in [0.5, 0.6) is 0 Å². The number of hydrogen-bond donors (Lipinski definition) is 2. The summed E-state index contributed by atoms with van der Waals surface area (Å²) < 4.78 is 0. The van der Waals surface area contributed by atoms with Crippen LogP contribution in [0.1, 0.15) is 12.8 Å². The Bertz CT molecular complexity index is 378. The number of anilines is 1. The van der Waals surface area contributed by atoms with E-state index in [-0.39, 0.29) is 11.8 Å². The van der Waals surface area contributed by atoms with Crippen molar-refractivity contribution < 1.29 is 9.59 Å². The van der Waals surface area contributed by atoms with Gasteiger partial charge in [0.1, 0.15) is 6.04 Å². The van der Waals surface area contributed by atoms with Crippen molar-refractivity contribution in [3.05, 3.63) is 24.5 Å². The van der Waals surface area contributed by atoms with Crippen molar-refractivity contribution in [3.8, 4) is 0 Å². The van der Waals surface area contributed by atoms with Gasteiger partial charge < -0.3 is 10.6 Å². The van der Waals surface area contributed by atoms with E-state index in [1.807, 2.05) is 0 Å². The standard InChI is InChI=1S/C10H11N3O2/c14-9-4-3-8(13-9)10(15)12-7-2-1-5-11-6-7/h1-2,5-6,8H,3-4H2,(H,12,15)(H,13,14). The van der Waals surface area contributed by atoms with Gasteiger partial charge >= 0.3 is 0 Å². The molecule has 0 saturated carbocycles. The lowest BCUT2D eigenvalue weighted by Crippen LogP contribution is -2.37. The van der Waals surface area contributed by atoms with Crippen LogP contribution in [0.2, 0.25) is 0 Å². The highest BCUT2D eigenvalue weighted by Gasteiger charge is 2.26. The molecule has 1 atom stereocenters. The molecule has 15 heavy (non-hydrogen) atoms. The summed E-state index contributed by atoms with van der Waals surface area (Å²) in [5, 5.41) is 5.29. The molecule has 2 rings (SSSR count). The highest BCUT2D eigenvalue weighted by atomic mass is 16.2. The Labute approximate surface area is 86.9 Å². The summed E-state index contributed by atoms with van der Waals surface area (Å²) >= 11 is 0. The average molecular weight is 205 g/mol. The predicted octanol–water partition coefficient (Wildman–Crippen LogP) is 0.299. The van der Waals surface area contributed by atoms with Gasteiger partial charge in [-0.1, -0.05) is 0 Å². The summed E-state index contributed by atoms with van der Waals surface area (Å²) in [5.41, 5.74) is 0.642. The van der Waals surface area contributed by atoms with Crippen LogP contribution in [0.3, 0.4) is 0 Å². The van der Waals surface area contributed by atoms with Crippen LogP contribution in [-0.4, -0.2) is 22.8 Å². The quantitative estimate of drug-likeness (QED) is 0.729. The molecule has 1 aliphatic heterocycles. The third kappa shape index (κ3) is 2.31. The van der Waals surface area contributed by atoms with Crippen LogP contribution < -0.4 is 10.6 Å². The van der Waals surface area contributed by atoms with Gasteiger partial charge in [0, 0.05) is 12.6 Å². The lowest BCUT2D eigenvalue weighted by molar-refractivity contribution is -0.122. The second-order valence-electron chi connectivity index (χ2n) is 3.39. The van der Waals surface area contributed by atoms with Crippen molar-refractivity contribution in [2.24, 2.45) is 0 Å². The summed E-state index contributed by atoms with van der Waals surface area (Å²) in [6.07, 6.45) is 4.18. The molecule has 1 saturated heterocycles. The second kappa shape index (κ2) is 4.08. The molecule has 5 nitrogen and oxygen atoms in total. The fourth-order valence-corrected chi connectivity index (χ4v) is 1.48. The largest absolute Gasteiger partial charge is 0.344 e. The first-order valence-corrected chi connectivity index (χ1v) is 4.76. The molecule has 1 aliphatic rings. The average Bonchev–Trinajstić information content (AvgIpc) is 2.66. The molecule has 0 aliphatic carbocycles. The summed E-state index contributed by atoms with van der Waals surface area (Å²) in [4.78, 5) is 26.4. The second-order valence-corrected chi connectivity index (χ2v) is 3.39. The number of pyridine rings is 1. The Kier molecular flexibility index (Phi) is 2.62. The van der Waals surface area contributed by atoms with Gasteiger partial charge in [0.25, 0.3) is 0 Å². The monoisotopic (exact) mass is 205 g/mol. The van der Waals surface area contributed by atoms with Crippen LogP contribution in [0.25, 0.3) is 0 Å². The number of nitrogens with one attached hydrogen (secondary N) is 2. The molecule has 5 heteroatoms. The highest BCUT2D eigenvalue weighted by molar-refractivity contribution is 5.98. The Balaban J connectivity index is 1.96. The molecule has 0 radical (unpaired) electrons. The van der Waals surface area contributed by atoms with Crippen molar-refractivity contribution >= 4 is 17.5 Å². The Morgan fingerprint density at radius 3 is 3.07 bits per heavy atom. The van der Waals surface area contributed by atoms with Gasteiger partial charge in [0.05, 0.1) is 11.9 Å². The van der Waals surface area contributed by atoms with Crippen LogP contribution in [0, 0.1) is 0 Å². The summed E-state index contributed by atoms with van der Waals surface area (Å²) in [6.45, 7) is 0. The van der Waals surface area contributed by atoms with E-state index in [2.05, 4.69) is 15.6 Å². The molecule has 0 spiro atoms. The van der Waals surface area contributed by atoms with E-state index < -0.39 is 6.04 Å². The van der Waals surface area contributed by atoms with E-state index >= 15 is 0 Å². The molecule has 1 aromatic heterocycles. The Morgan fingerprint density at radius 2 is 2.47 bits per heavy atom. The normalized spacial score (nSPS) is 19.7. The molecular formula is C10H11N3O2. The number of aromatic nitrogens is 1. The third-order valence-corrected chi connectivity index (χ3v) is 2.24. The van der Waals surface area contributed by atoms with Gasteiger partial charge in [-0.2, -0.15) is 0 Å². The van der Waals surface area contributed by atoms with Crippen LogP contribution in [0.15, 0.2) is 24.5 Å². The summed E-state index contributed by atoms with van der Waals surface area (Å²) in [6, 6.07) is 3.09. The van der Waals surface area contributed by atoms with Crippen LogP contribution >= 0.6 is 0 Å². The van der Waals surface area contributed by atoms with E-state index in [4.69, 9.17) is 0 Å². The number of rotatable bonds is 2. The Morgan fingerprint density at radius 1 is 1.60 bits per heavy atom. The number of carbonyl (C=O) groups excluding carboxylic acids is 2. The number of nitrogens with zero attached hydrogens (tertiary/aromatic N) is 1. The molecule has 2 N–H and O–H groups in total. The third-order valence-electron chi connectivity index (χ3n) is 2.24. The van der Waals surface area contributed by atoms with Crippen molar-refractivity contribution in [2.45, 2.75) is 18.9 Å². The van der Waals surface area contributed by atoms with E-state index in [0.717, 1.165) is 0 Å². The molecule has 2 heterocycles. The first-order valence-electron chi connectivity index (χ1n) is 4.76. The molecule has 2 amide bonds. The van der Waals surface area contributed by atoms with Gasteiger partial charge in [0.15, 0.2) is 0 Å². The molecule has 0 aromatic carbocycles. The summed E-state index contributed by atoms with van der Waals surface area (Å²) in [5.74, 6) is -0.254. The van der Waals surface area contributed by atoms with Gasteiger partial charge in [-0.25, -0.2) is 0 Å². The molecular weight excluding hydrogens is 194 g/mol. The van der Waals surface area contributed by atoms with E-state index in [0.29, 0.717) is 18.5 Å². The minimum Gasteiger partial charge on any atom is -0.344 e. The molecule has 1 aromatic rings. The van der Waals surface area contributed by atoms with Gasteiger partial charge in [0.2, 0.25) is 11.8 Å². The minimum atomic E-state index is -0.405. The van der Waals surface area contributed by atoms with Gasteiger partial charge in [-0.3, -0.25) is 14.6 Å². The predicted molar refractivity (Wildman–Crippen MR) is 54.0 cm³/mol. The fraction of sp³-hybridized carbons (Fsp3) is 0.300. The zero-order chi connectivity index (χ0) is 10.7. The maximum absolute atomic E-state index is 11.6. The van der Waals surface area contributed by atoms with Gasteiger partial charge in [-0.05, 0) is 18.6 Å². The Hall–Kier alpha value is -1.91. The van der Waals surface area contributed by atoms with Crippen molar-refractivity contribution in [1.29, 1.82) is 0 Å². The minimum absolute atomic E-state index is 0.0682. The van der Waals surface area contributed by atoms with Crippen molar-refractivity contribution in [1.82, 2.24) is 10.3 Å². The molecule has 1 fully saturated rings. The van der Waals surface area contributed by atoms with Gasteiger partial charge in [-0.15, -0.1) is 0 Å². The van der Waals surface area contributed by atoms with Crippen molar-refractivity contribution in [3.63, 3.8) is 0 Å². The first kappa shape index (κ1) is 9.64. The number of carbonyl (C=O) groups is 2. The number of hydrogen-bond acceptors (Lipinski definition) is 3. The van der Waals surface area contributed by atoms with Crippen molar-refractivity contribution in [2.75, 3.05) is 5.32 Å². The lowest BCUT2D eigenvalue weighted by atomic mass is 10.2. The smallest absolute Gasteiger partial charge is 0.247 e.